The lowest BCUT2D eigenvalue weighted by atomic mass is 10.4. The molecule has 1 rings (SSSR count). The molecule has 1 amide bonds. The Hall–Kier alpha value is -0.650. The van der Waals surface area contributed by atoms with Crippen LogP contribution in [0.4, 0.5) is 0 Å². The van der Waals surface area contributed by atoms with E-state index < -0.39 is 0 Å². The molecule has 5 nitrogen and oxygen atoms in total. The molecule has 0 aromatic rings. The monoisotopic (exact) mass is 275 g/mol. The maximum Gasteiger partial charge on any atom is 0.207 e. The molecule has 0 spiro atoms. The molecule has 0 saturated carbocycles. The van der Waals surface area contributed by atoms with E-state index in [4.69, 9.17) is 4.74 Å². The Kier molecular flexibility index (Phi) is 21.4. The van der Waals surface area contributed by atoms with Gasteiger partial charge in [-0.15, -0.1) is 0 Å². The Labute approximate surface area is 119 Å². The molecule has 0 bridgehead atoms. The number of ether oxygens (including phenoxy) is 1. The summed E-state index contributed by atoms with van der Waals surface area (Å²) in [6.45, 7) is 15.6. The topological polar surface area (TPSA) is 53.6 Å². The third kappa shape index (κ3) is 17.4. The summed E-state index contributed by atoms with van der Waals surface area (Å²) < 4.78 is 5.35. The minimum Gasteiger partial charge on any atom is -0.378 e. The number of piperazine rings is 1. The Balaban J connectivity index is 0. The summed E-state index contributed by atoms with van der Waals surface area (Å²) in [5.74, 6) is 0. The van der Waals surface area contributed by atoms with Crippen molar-refractivity contribution in [1.29, 1.82) is 0 Å². The summed E-state index contributed by atoms with van der Waals surface area (Å²) in [4.78, 5) is 12.3. The summed E-state index contributed by atoms with van der Waals surface area (Å²) in [7, 11) is 0. The van der Waals surface area contributed by atoms with Crippen molar-refractivity contribution in [2.75, 3.05) is 52.5 Å². The van der Waals surface area contributed by atoms with Crippen LogP contribution in [0.5, 0.6) is 0 Å². The Morgan fingerprint density at radius 3 is 2.32 bits per heavy atom. The highest BCUT2D eigenvalue weighted by Crippen LogP contribution is 1.91. The van der Waals surface area contributed by atoms with Crippen LogP contribution >= 0.6 is 0 Å². The van der Waals surface area contributed by atoms with E-state index in [9.17, 15) is 4.79 Å². The lowest BCUT2D eigenvalue weighted by Crippen LogP contribution is -2.44. The molecular weight excluding hydrogens is 242 g/mol. The van der Waals surface area contributed by atoms with Crippen molar-refractivity contribution in [1.82, 2.24) is 15.5 Å². The Morgan fingerprint density at radius 1 is 1.21 bits per heavy atom. The van der Waals surface area contributed by atoms with Crippen LogP contribution in [-0.4, -0.2) is 63.8 Å². The maximum atomic E-state index is 9.90. The molecule has 0 aromatic heterocycles. The number of nitrogens with zero attached hydrogens (tertiary/aromatic N) is 1. The molecule has 0 atom stereocenters. The predicted octanol–water partition coefficient (Wildman–Crippen LogP) is 1.10. The van der Waals surface area contributed by atoms with Gasteiger partial charge in [-0.1, -0.05) is 34.1 Å². The van der Waals surface area contributed by atoms with Gasteiger partial charge < -0.3 is 15.4 Å². The molecule has 0 radical (unpaired) electrons. The summed E-state index contributed by atoms with van der Waals surface area (Å²) in [5.41, 5.74) is 0. The van der Waals surface area contributed by atoms with Crippen molar-refractivity contribution >= 4 is 6.41 Å². The molecule has 0 unspecified atom stereocenters. The van der Waals surface area contributed by atoms with E-state index in [-0.39, 0.29) is 0 Å². The zero-order chi connectivity index (χ0) is 14.8. The first-order valence-corrected chi connectivity index (χ1v) is 7.53. The summed E-state index contributed by atoms with van der Waals surface area (Å²) in [6, 6.07) is 0. The van der Waals surface area contributed by atoms with E-state index in [1.807, 2.05) is 13.8 Å². The summed E-state index contributed by atoms with van der Waals surface area (Å²) in [5, 5.41) is 5.86. The molecular formula is C14H33N3O2. The lowest BCUT2D eigenvalue weighted by molar-refractivity contribution is -0.109. The van der Waals surface area contributed by atoms with Gasteiger partial charge in [-0.2, -0.15) is 0 Å². The smallest absolute Gasteiger partial charge is 0.207 e. The second-order valence-electron chi connectivity index (χ2n) is 3.98. The normalized spacial score (nSPS) is 14.5. The summed E-state index contributed by atoms with van der Waals surface area (Å²) in [6.07, 6.45) is 1.94. The quantitative estimate of drug-likeness (QED) is 0.539. The van der Waals surface area contributed by atoms with Gasteiger partial charge in [-0.05, 0) is 0 Å². The number of nitrogens with one attached hydrogen (secondary N) is 2. The largest absolute Gasteiger partial charge is 0.378 e. The highest BCUT2D eigenvalue weighted by molar-refractivity contribution is 5.45. The van der Waals surface area contributed by atoms with Crippen molar-refractivity contribution in [3.05, 3.63) is 0 Å². The minimum absolute atomic E-state index is 0.602. The number of hydrogen-bond acceptors (Lipinski definition) is 4. The number of amides is 1. The highest BCUT2D eigenvalue weighted by Gasteiger charge is 2.07. The van der Waals surface area contributed by atoms with Crippen molar-refractivity contribution in [3.63, 3.8) is 0 Å². The van der Waals surface area contributed by atoms with Crippen LogP contribution in [0.3, 0.4) is 0 Å². The van der Waals surface area contributed by atoms with Gasteiger partial charge in [0.25, 0.3) is 0 Å². The third-order valence-electron chi connectivity index (χ3n) is 2.24. The van der Waals surface area contributed by atoms with Gasteiger partial charge in [0.15, 0.2) is 0 Å². The Morgan fingerprint density at radius 2 is 1.79 bits per heavy atom. The standard InChI is InChI=1S/C9H19N3O2.C3H8.C2H6/c13-9-11-3-7-14-8-6-12-4-1-10-2-5-12;1-3-2;1-2/h9-10H,1-8H2,(H,11,13);3H2,1-2H3;1-2H3. The molecule has 1 aliphatic rings. The van der Waals surface area contributed by atoms with Crippen LogP contribution in [-0.2, 0) is 9.53 Å². The van der Waals surface area contributed by atoms with Gasteiger partial charge in [0.05, 0.1) is 13.2 Å². The van der Waals surface area contributed by atoms with Gasteiger partial charge in [-0.25, -0.2) is 0 Å². The number of hydrogen-bond donors (Lipinski definition) is 2. The van der Waals surface area contributed by atoms with Crippen LogP contribution < -0.4 is 10.6 Å². The molecule has 2 N–H and O–H groups in total. The van der Waals surface area contributed by atoms with Crippen LogP contribution in [0.2, 0.25) is 0 Å². The van der Waals surface area contributed by atoms with Crippen LogP contribution in [0.15, 0.2) is 0 Å². The van der Waals surface area contributed by atoms with Crippen LogP contribution in [0, 0.1) is 0 Å². The fourth-order valence-electron chi connectivity index (χ4n) is 1.42. The predicted molar refractivity (Wildman–Crippen MR) is 81.5 cm³/mol. The van der Waals surface area contributed by atoms with Crippen LogP contribution in [0.25, 0.3) is 0 Å². The first-order chi connectivity index (χ1) is 9.35. The zero-order valence-corrected chi connectivity index (χ0v) is 13.2. The fraction of sp³-hybridized carbons (Fsp3) is 0.929. The number of carbonyl (C=O) groups is 1. The maximum absolute atomic E-state index is 9.90. The van der Waals surface area contributed by atoms with Crippen molar-refractivity contribution < 1.29 is 9.53 Å². The Bertz CT molecular complexity index is 163. The van der Waals surface area contributed by atoms with E-state index in [1.54, 1.807) is 0 Å². The van der Waals surface area contributed by atoms with Gasteiger partial charge >= 0.3 is 0 Å². The first kappa shape index (κ1) is 20.7. The van der Waals surface area contributed by atoms with E-state index in [0.29, 0.717) is 19.6 Å². The van der Waals surface area contributed by atoms with E-state index in [1.165, 1.54) is 6.42 Å². The van der Waals surface area contributed by atoms with Gasteiger partial charge in [0.1, 0.15) is 0 Å². The highest BCUT2D eigenvalue weighted by atomic mass is 16.5. The average molecular weight is 275 g/mol. The van der Waals surface area contributed by atoms with Crippen molar-refractivity contribution in [2.24, 2.45) is 0 Å². The van der Waals surface area contributed by atoms with Gasteiger partial charge in [0, 0.05) is 39.3 Å². The average Bonchev–Trinajstić information content (AvgIpc) is 2.47. The van der Waals surface area contributed by atoms with E-state index in [2.05, 4.69) is 29.4 Å². The molecule has 116 valence electrons. The molecule has 1 saturated heterocycles. The van der Waals surface area contributed by atoms with Gasteiger partial charge in [0.2, 0.25) is 6.41 Å². The summed E-state index contributed by atoms with van der Waals surface area (Å²) >= 11 is 0. The number of rotatable bonds is 7. The van der Waals surface area contributed by atoms with E-state index >= 15 is 0 Å². The molecule has 1 heterocycles. The fourth-order valence-corrected chi connectivity index (χ4v) is 1.42. The molecule has 0 aliphatic carbocycles. The molecule has 1 aliphatic heterocycles. The van der Waals surface area contributed by atoms with E-state index in [0.717, 1.165) is 39.3 Å². The molecule has 19 heavy (non-hydrogen) atoms. The molecule has 1 fully saturated rings. The van der Waals surface area contributed by atoms with Gasteiger partial charge in [-0.3, -0.25) is 9.69 Å². The number of carbonyl (C=O) groups excluding carboxylic acids is 1. The second-order valence-corrected chi connectivity index (χ2v) is 3.98. The minimum atomic E-state index is 0.602. The molecule has 5 heteroatoms. The van der Waals surface area contributed by atoms with Crippen LogP contribution in [0.1, 0.15) is 34.1 Å². The SMILES string of the molecule is CC.CCC.O=CNCCOCCN1CCNCC1. The second kappa shape index (κ2) is 19.7. The third-order valence-corrected chi connectivity index (χ3v) is 2.24. The first-order valence-electron chi connectivity index (χ1n) is 7.53. The van der Waals surface area contributed by atoms with Crippen molar-refractivity contribution in [3.8, 4) is 0 Å². The zero-order valence-electron chi connectivity index (χ0n) is 13.2. The molecule has 0 aromatic carbocycles. The van der Waals surface area contributed by atoms with Crippen molar-refractivity contribution in [2.45, 2.75) is 34.1 Å². The lowest BCUT2D eigenvalue weighted by Gasteiger charge is -2.26.